The van der Waals surface area contributed by atoms with E-state index in [-0.39, 0.29) is 36.3 Å². The molecule has 0 fully saturated rings. The summed E-state index contributed by atoms with van der Waals surface area (Å²) < 4.78 is 5.04. The number of carboxylic acid groups (broad SMARTS) is 2. The standard InChI is InChI=1S/C35H38N4O6/c1-8-20-16(3)24-13-26-18(5)22(10-11-30(40)41)33(38-26)23(12-31(42)45-7)34-32(35(43)44)19(6)27(39-34)15-29-21(9-2)17(4)25(37-29)14-28(20)36-24/h8,13-15,18,22,37,39H,1,9-12H2,2-7H3,(H,40,41)(H,43,44)/t18-,22-/m0/s1. The number of aliphatic carboxylic acids is 1. The molecule has 4 N–H and O–H groups in total. The Morgan fingerprint density at radius 2 is 1.69 bits per heavy atom. The summed E-state index contributed by atoms with van der Waals surface area (Å²) >= 11 is 0. The van der Waals surface area contributed by atoms with E-state index in [1.54, 1.807) is 13.0 Å². The molecule has 5 rings (SSSR count). The minimum Gasteiger partial charge on any atom is -0.481 e. The zero-order valence-electron chi connectivity index (χ0n) is 26.4. The first-order chi connectivity index (χ1) is 21.4. The number of H-pyrrole nitrogens is 2. The number of fused-ring (bicyclic) bond motifs is 8. The van der Waals surface area contributed by atoms with Gasteiger partial charge in [-0.2, -0.15) is 0 Å². The minimum atomic E-state index is -1.16. The topological polar surface area (TPSA) is 158 Å². The molecule has 2 aliphatic rings. The highest BCUT2D eigenvalue weighted by Gasteiger charge is 2.34. The van der Waals surface area contributed by atoms with E-state index in [1.165, 1.54) is 7.11 Å². The normalized spacial score (nSPS) is 16.1. The number of ether oxygens (including phenoxy) is 1. The molecule has 3 aromatic heterocycles. The predicted molar refractivity (Wildman–Crippen MR) is 173 cm³/mol. The van der Waals surface area contributed by atoms with Crippen molar-refractivity contribution in [2.75, 3.05) is 7.11 Å². The van der Waals surface area contributed by atoms with Crippen LogP contribution in [0.2, 0.25) is 0 Å². The summed E-state index contributed by atoms with van der Waals surface area (Å²) in [7, 11) is 1.27. The molecule has 2 atom stereocenters. The Labute approximate surface area is 260 Å². The third-order valence-electron chi connectivity index (χ3n) is 9.17. The van der Waals surface area contributed by atoms with Gasteiger partial charge in [-0.3, -0.25) is 14.6 Å². The number of aromatic carboxylic acids is 1. The number of carbonyl (C=O) groups excluding carboxylic acids is 1. The Bertz CT molecular complexity index is 1960. The van der Waals surface area contributed by atoms with Gasteiger partial charge in [0.2, 0.25) is 0 Å². The van der Waals surface area contributed by atoms with E-state index >= 15 is 0 Å². The number of carboxylic acids is 2. The van der Waals surface area contributed by atoms with Crippen molar-refractivity contribution < 1.29 is 29.3 Å². The number of methoxy groups -OCH3 is 1. The van der Waals surface area contributed by atoms with Crippen molar-refractivity contribution >= 4 is 51.1 Å². The number of aromatic amines is 2. The van der Waals surface area contributed by atoms with Crippen molar-refractivity contribution in [2.45, 2.75) is 72.1 Å². The first kappa shape index (κ1) is 31.4. The van der Waals surface area contributed by atoms with E-state index in [4.69, 9.17) is 14.7 Å². The van der Waals surface area contributed by atoms with E-state index in [0.717, 1.165) is 45.4 Å². The van der Waals surface area contributed by atoms with Crippen molar-refractivity contribution in [3.05, 3.63) is 81.4 Å². The highest BCUT2D eigenvalue weighted by molar-refractivity contribution is 6.02. The Morgan fingerprint density at radius 3 is 2.31 bits per heavy atom. The van der Waals surface area contributed by atoms with Crippen LogP contribution >= 0.6 is 0 Å². The lowest BCUT2D eigenvalue weighted by molar-refractivity contribution is -0.140. The maximum atomic E-state index is 12.8. The van der Waals surface area contributed by atoms with Gasteiger partial charge in [-0.05, 0) is 74.1 Å². The van der Waals surface area contributed by atoms with Gasteiger partial charge < -0.3 is 24.9 Å². The van der Waals surface area contributed by atoms with Crippen molar-refractivity contribution in [3.8, 4) is 0 Å². The van der Waals surface area contributed by atoms with Gasteiger partial charge in [-0.25, -0.2) is 9.78 Å². The summed E-state index contributed by atoms with van der Waals surface area (Å²) in [5.74, 6) is -3.33. The van der Waals surface area contributed by atoms with Gasteiger partial charge in [-0.15, -0.1) is 0 Å². The zero-order valence-corrected chi connectivity index (χ0v) is 26.4. The van der Waals surface area contributed by atoms with Gasteiger partial charge in [0.05, 0.1) is 41.7 Å². The van der Waals surface area contributed by atoms with Crippen LogP contribution in [0.5, 0.6) is 0 Å². The third kappa shape index (κ3) is 5.56. The highest BCUT2D eigenvalue weighted by Crippen LogP contribution is 2.43. The van der Waals surface area contributed by atoms with Gasteiger partial charge in [0.25, 0.3) is 0 Å². The molecular formula is C35H38N4O6. The van der Waals surface area contributed by atoms with Crippen LogP contribution in [0, 0.1) is 13.8 Å². The number of nitrogens with one attached hydrogen (secondary N) is 2. The number of aryl methyl sites for hydroxylation is 3. The Kier molecular flexibility index (Phi) is 8.51. The summed E-state index contributed by atoms with van der Waals surface area (Å²) in [6.07, 6.45) is 2.39. The van der Waals surface area contributed by atoms with E-state index in [9.17, 15) is 24.6 Å². The van der Waals surface area contributed by atoms with Crippen LogP contribution in [0.15, 0.2) is 30.9 Å². The molecule has 3 aromatic rings. The molecule has 10 nitrogen and oxygen atoms in total. The first-order valence-electron chi connectivity index (χ1n) is 15.0. The molecule has 0 amide bonds. The quantitative estimate of drug-likeness (QED) is 0.203. The molecule has 0 aromatic carbocycles. The number of aromatic nitrogens is 4. The SMILES string of the molecule is C=CC1=C(C)c2cc3nc(c(CC(=O)OC)c4[nH]c(cc5[nH]c(cc1n2)c(C)c5CC)c(C)c4C(=O)O)[C@@H](CCC(=O)O)[C@@H]3C. The van der Waals surface area contributed by atoms with Crippen molar-refractivity contribution in [3.63, 3.8) is 0 Å². The molecule has 0 saturated carbocycles. The highest BCUT2D eigenvalue weighted by atomic mass is 16.5. The minimum absolute atomic E-state index is 0.0238. The summed E-state index contributed by atoms with van der Waals surface area (Å²) in [5.41, 5.74) is 9.97. The average Bonchev–Trinajstić information content (AvgIpc) is 3.67. The summed E-state index contributed by atoms with van der Waals surface area (Å²) in [6.45, 7) is 13.8. The molecule has 2 aliphatic heterocycles. The smallest absolute Gasteiger partial charge is 0.338 e. The van der Waals surface area contributed by atoms with Crippen molar-refractivity contribution in [1.29, 1.82) is 0 Å². The maximum absolute atomic E-state index is 12.8. The maximum Gasteiger partial charge on any atom is 0.338 e. The zero-order chi connectivity index (χ0) is 32.7. The lowest BCUT2D eigenvalue weighted by Crippen LogP contribution is -2.12. The number of rotatable bonds is 8. The van der Waals surface area contributed by atoms with Crippen LogP contribution in [0.4, 0.5) is 0 Å². The third-order valence-corrected chi connectivity index (χ3v) is 9.17. The van der Waals surface area contributed by atoms with Gasteiger partial charge in [-0.1, -0.05) is 26.5 Å². The fourth-order valence-corrected chi connectivity index (χ4v) is 6.60. The van der Waals surface area contributed by atoms with Crippen LogP contribution in [-0.4, -0.2) is 55.2 Å². The Hall–Kier alpha value is -4.99. The van der Waals surface area contributed by atoms with Gasteiger partial charge in [0.1, 0.15) is 0 Å². The molecule has 0 aliphatic carbocycles. The number of allylic oxidation sites excluding steroid dienone is 3. The molecule has 8 bridgehead atoms. The molecule has 0 radical (unpaired) electrons. The van der Waals surface area contributed by atoms with Gasteiger partial charge >= 0.3 is 17.9 Å². The Morgan fingerprint density at radius 1 is 0.978 bits per heavy atom. The molecular weight excluding hydrogens is 572 g/mol. The molecule has 0 unspecified atom stereocenters. The number of carbonyl (C=O) groups is 3. The second-order valence-electron chi connectivity index (χ2n) is 11.7. The van der Waals surface area contributed by atoms with E-state index in [0.29, 0.717) is 33.7 Å². The van der Waals surface area contributed by atoms with Crippen LogP contribution in [0.3, 0.4) is 0 Å². The van der Waals surface area contributed by atoms with Crippen molar-refractivity contribution in [1.82, 2.24) is 19.9 Å². The molecule has 0 saturated heterocycles. The van der Waals surface area contributed by atoms with E-state index < -0.39 is 23.8 Å². The number of esters is 1. The molecule has 45 heavy (non-hydrogen) atoms. The molecule has 5 heterocycles. The molecule has 10 heteroatoms. The first-order valence-corrected chi connectivity index (χ1v) is 15.0. The lowest BCUT2D eigenvalue weighted by Gasteiger charge is -2.17. The monoisotopic (exact) mass is 610 g/mol. The van der Waals surface area contributed by atoms with E-state index in [1.807, 2.05) is 39.0 Å². The van der Waals surface area contributed by atoms with Gasteiger partial charge in [0, 0.05) is 51.6 Å². The lowest BCUT2D eigenvalue weighted by atomic mass is 9.85. The summed E-state index contributed by atoms with van der Waals surface area (Å²) in [5, 5.41) is 20.0. The van der Waals surface area contributed by atoms with Gasteiger partial charge in [0.15, 0.2) is 0 Å². The van der Waals surface area contributed by atoms with Crippen molar-refractivity contribution in [2.24, 2.45) is 0 Å². The second-order valence-corrected chi connectivity index (χ2v) is 11.7. The van der Waals surface area contributed by atoms with Crippen LogP contribution in [0.25, 0.3) is 33.2 Å². The van der Waals surface area contributed by atoms with Crippen LogP contribution in [-0.2, 0) is 27.2 Å². The fourth-order valence-electron chi connectivity index (χ4n) is 6.60. The van der Waals surface area contributed by atoms with Crippen LogP contribution < -0.4 is 0 Å². The fraction of sp³-hybridized carbons (Fsp3) is 0.343. The summed E-state index contributed by atoms with van der Waals surface area (Å²) in [4.78, 5) is 54.2. The average molecular weight is 611 g/mol. The number of hydrogen-bond acceptors (Lipinski definition) is 6. The largest absolute Gasteiger partial charge is 0.481 e. The van der Waals surface area contributed by atoms with E-state index in [2.05, 4.69) is 23.5 Å². The summed E-state index contributed by atoms with van der Waals surface area (Å²) in [6, 6.07) is 5.80. The number of nitrogens with zero attached hydrogens (tertiary/aromatic N) is 2. The Balaban J connectivity index is 2.04. The number of hydrogen-bond donors (Lipinski definition) is 4. The second kappa shape index (κ2) is 12.2. The van der Waals surface area contributed by atoms with Crippen LogP contribution in [0.1, 0.15) is 101 Å². The molecule has 0 spiro atoms. The molecule has 234 valence electrons. The predicted octanol–water partition coefficient (Wildman–Crippen LogP) is 6.78.